The maximum Gasteiger partial charge on any atom is 0.294 e. The van der Waals surface area contributed by atoms with E-state index >= 15 is 0 Å². The Kier molecular flexibility index (Phi) is 6.65. The number of anilines is 1. The summed E-state index contributed by atoms with van der Waals surface area (Å²) >= 11 is 0. The molecule has 0 fully saturated rings. The summed E-state index contributed by atoms with van der Waals surface area (Å²) in [6.45, 7) is 0.322. The number of nitriles is 1. The zero-order chi connectivity index (χ0) is 19.9. The minimum Gasteiger partial charge on any atom is -0.389 e. The Labute approximate surface area is 155 Å². The maximum atomic E-state index is 13.5. The van der Waals surface area contributed by atoms with E-state index in [4.69, 9.17) is 9.81 Å². The lowest BCUT2D eigenvalue weighted by atomic mass is 10.1. The first-order chi connectivity index (χ1) is 12.8. The van der Waals surface area contributed by atoms with Crippen LogP contribution in [0.15, 0.2) is 65.2 Å². The molecule has 0 bridgehead atoms. The van der Waals surface area contributed by atoms with Crippen molar-refractivity contribution in [2.45, 2.75) is 11.3 Å². The lowest BCUT2D eigenvalue weighted by Crippen LogP contribution is -2.18. The lowest BCUT2D eigenvalue weighted by Gasteiger charge is -2.06. The fraction of sp³-hybridized carbons (Fsp3) is 0.111. The molecule has 0 heterocycles. The molecule has 0 aromatic heterocycles. The number of amides is 1. The van der Waals surface area contributed by atoms with Crippen LogP contribution in [0.5, 0.6) is 0 Å². The number of rotatable bonds is 7. The molecule has 0 unspecified atom stereocenters. The summed E-state index contributed by atoms with van der Waals surface area (Å²) < 4.78 is 44.4. The molecule has 7 nitrogen and oxygen atoms in total. The third-order valence-electron chi connectivity index (χ3n) is 3.52. The smallest absolute Gasteiger partial charge is 0.294 e. The minimum atomic E-state index is -4.32. The van der Waals surface area contributed by atoms with Crippen molar-refractivity contribution < 1.29 is 22.2 Å². The largest absolute Gasteiger partial charge is 0.389 e. The van der Waals surface area contributed by atoms with Crippen LogP contribution >= 0.6 is 0 Å². The Morgan fingerprint density at radius 3 is 2.44 bits per heavy atom. The van der Waals surface area contributed by atoms with Crippen LogP contribution in [0.3, 0.4) is 0 Å². The van der Waals surface area contributed by atoms with Gasteiger partial charge in [0, 0.05) is 18.4 Å². The Bertz CT molecular complexity index is 996. The minimum absolute atomic E-state index is 0.206. The highest BCUT2D eigenvalue weighted by Gasteiger charge is 2.12. The van der Waals surface area contributed by atoms with E-state index in [2.05, 4.69) is 10.6 Å². The van der Waals surface area contributed by atoms with Gasteiger partial charge in [-0.2, -0.15) is 13.7 Å². The van der Waals surface area contributed by atoms with Gasteiger partial charge in [-0.3, -0.25) is 9.35 Å². The number of hydrogen-bond donors (Lipinski definition) is 3. The highest BCUT2D eigenvalue weighted by atomic mass is 32.2. The quantitative estimate of drug-likeness (QED) is 0.289. The van der Waals surface area contributed by atoms with Gasteiger partial charge in [0.1, 0.15) is 17.5 Å². The van der Waals surface area contributed by atoms with Crippen molar-refractivity contribution in [2.24, 2.45) is 0 Å². The Balaban J connectivity index is 1.94. The van der Waals surface area contributed by atoms with Gasteiger partial charge in [0.15, 0.2) is 0 Å². The second kappa shape index (κ2) is 8.93. The highest BCUT2D eigenvalue weighted by Crippen LogP contribution is 2.14. The molecular weight excluding hydrogens is 373 g/mol. The molecule has 1 amide bonds. The third-order valence-corrected chi connectivity index (χ3v) is 4.39. The van der Waals surface area contributed by atoms with Gasteiger partial charge in [-0.25, -0.2) is 4.39 Å². The second-order valence-electron chi connectivity index (χ2n) is 5.42. The van der Waals surface area contributed by atoms with Crippen molar-refractivity contribution in [1.82, 2.24) is 5.32 Å². The molecule has 0 saturated heterocycles. The Morgan fingerprint density at radius 1 is 1.19 bits per heavy atom. The number of halogens is 1. The normalized spacial score (nSPS) is 11.5. The molecule has 0 aliphatic heterocycles. The van der Waals surface area contributed by atoms with Crippen LogP contribution in [0.25, 0.3) is 0 Å². The van der Waals surface area contributed by atoms with Crippen LogP contribution in [0.2, 0.25) is 0 Å². The molecule has 2 rings (SSSR count). The van der Waals surface area contributed by atoms with Gasteiger partial charge in [0.2, 0.25) is 0 Å². The fourth-order valence-corrected chi connectivity index (χ4v) is 2.62. The number of carbonyl (C=O) groups excluding carboxylic acids is 1. The molecule has 2 aromatic rings. The third kappa shape index (κ3) is 5.91. The van der Waals surface area contributed by atoms with Crippen molar-refractivity contribution in [1.29, 1.82) is 5.26 Å². The first-order valence-corrected chi connectivity index (χ1v) is 9.21. The number of hydrogen-bond acceptors (Lipinski definition) is 5. The zero-order valence-corrected chi connectivity index (χ0v) is 14.8. The van der Waals surface area contributed by atoms with E-state index in [0.29, 0.717) is 18.5 Å². The van der Waals surface area contributed by atoms with Crippen molar-refractivity contribution in [3.63, 3.8) is 0 Å². The number of carbonyl (C=O) groups is 1. The molecule has 0 atom stereocenters. The number of nitrogens with zero attached hydrogens (tertiary/aromatic N) is 1. The zero-order valence-electron chi connectivity index (χ0n) is 14.0. The summed E-state index contributed by atoms with van der Waals surface area (Å²) in [5.74, 6) is -1.02. The van der Waals surface area contributed by atoms with E-state index in [-0.39, 0.29) is 22.0 Å². The summed E-state index contributed by atoms with van der Waals surface area (Å²) in [6.07, 6.45) is 1.60. The Morgan fingerprint density at radius 2 is 1.85 bits per heavy atom. The maximum absolute atomic E-state index is 13.5. The molecule has 0 spiro atoms. The van der Waals surface area contributed by atoms with Crippen LogP contribution in [0.4, 0.5) is 10.1 Å². The van der Waals surface area contributed by atoms with Crippen molar-refractivity contribution in [2.75, 3.05) is 11.9 Å². The molecule has 9 heteroatoms. The number of nitrogens with one attached hydrogen (secondary N) is 2. The number of benzene rings is 2. The average Bonchev–Trinajstić information content (AvgIpc) is 2.62. The monoisotopic (exact) mass is 389 g/mol. The van der Waals surface area contributed by atoms with Crippen LogP contribution in [0.1, 0.15) is 5.56 Å². The van der Waals surface area contributed by atoms with Crippen molar-refractivity contribution >= 4 is 21.7 Å². The molecule has 140 valence electrons. The van der Waals surface area contributed by atoms with Gasteiger partial charge >= 0.3 is 0 Å². The predicted molar refractivity (Wildman–Crippen MR) is 96.7 cm³/mol. The molecular formula is C18H16FN3O4S. The summed E-state index contributed by atoms with van der Waals surface area (Å²) in [7, 11) is -4.32. The van der Waals surface area contributed by atoms with Gasteiger partial charge in [-0.15, -0.1) is 0 Å². The van der Waals surface area contributed by atoms with Crippen LogP contribution < -0.4 is 10.6 Å². The van der Waals surface area contributed by atoms with Gasteiger partial charge in [0.25, 0.3) is 16.0 Å². The van der Waals surface area contributed by atoms with Crippen molar-refractivity contribution in [3.8, 4) is 6.07 Å². The lowest BCUT2D eigenvalue weighted by molar-refractivity contribution is -0.112. The predicted octanol–water partition coefficient (Wildman–Crippen LogP) is 2.25. The van der Waals surface area contributed by atoms with E-state index in [1.54, 1.807) is 24.3 Å². The molecule has 0 aliphatic carbocycles. The summed E-state index contributed by atoms with van der Waals surface area (Å²) in [5, 5.41) is 14.3. The van der Waals surface area contributed by atoms with E-state index in [9.17, 15) is 17.6 Å². The molecule has 0 aliphatic rings. The second-order valence-corrected chi connectivity index (χ2v) is 6.84. The summed E-state index contributed by atoms with van der Waals surface area (Å²) in [6, 6.07) is 12.8. The van der Waals surface area contributed by atoms with Gasteiger partial charge < -0.3 is 10.6 Å². The molecule has 0 radical (unpaired) electrons. The average molecular weight is 389 g/mol. The SMILES string of the molecule is N#C/C(=C/NCCc1ccccc1F)C(=O)Nc1ccc(S(=O)(=O)O)cc1. The van der Waals surface area contributed by atoms with E-state index in [1.165, 1.54) is 24.4 Å². The molecule has 2 aromatic carbocycles. The van der Waals surface area contributed by atoms with Crippen molar-refractivity contribution in [3.05, 3.63) is 71.7 Å². The topological polar surface area (TPSA) is 119 Å². The summed E-state index contributed by atoms with van der Waals surface area (Å²) in [5.41, 5.74) is 0.558. The van der Waals surface area contributed by atoms with E-state index in [0.717, 1.165) is 12.1 Å². The molecule has 27 heavy (non-hydrogen) atoms. The van der Waals surface area contributed by atoms with Gasteiger partial charge in [-0.05, 0) is 42.3 Å². The van der Waals surface area contributed by atoms with Crippen LogP contribution in [0, 0.1) is 17.1 Å². The first-order valence-electron chi connectivity index (χ1n) is 7.77. The Hall–Kier alpha value is -3.22. The van der Waals surface area contributed by atoms with E-state index in [1.807, 2.05) is 0 Å². The fourth-order valence-electron chi connectivity index (χ4n) is 2.14. The van der Waals surface area contributed by atoms with Crippen LogP contribution in [-0.4, -0.2) is 25.4 Å². The standard InChI is InChI=1S/C18H16FN3O4S/c19-17-4-2-1-3-13(17)9-10-21-12-14(11-20)18(23)22-15-5-7-16(8-6-15)27(24,25)26/h1-8,12,21H,9-10H2,(H,22,23)(H,24,25,26)/b14-12-. The highest BCUT2D eigenvalue weighted by molar-refractivity contribution is 7.85. The van der Waals surface area contributed by atoms with E-state index < -0.39 is 16.0 Å². The summed E-state index contributed by atoms with van der Waals surface area (Å²) in [4.78, 5) is 11.8. The van der Waals surface area contributed by atoms with Gasteiger partial charge in [0.05, 0.1) is 4.90 Å². The van der Waals surface area contributed by atoms with Gasteiger partial charge in [-0.1, -0.05) is 18.2 Å². The van der Waals surface area contributed by atoms with Crippen LogP contribution in [-0.2, 0) is 21.3 Å². The molecule has 3 N–H and O–H groups in total. The molecule has 0 saturated carbocycles. The first kappa shape index (κ1) is 20.1.